The van der Waals surface area contributed by atoms with Gasteiger partial charge in [0.25, 0.3) is 0 Å². The summed E-state index contributed by atoms with van der Waals surface area (Å²) in [5.41, 5.74) is 5.59. The highest BCUT2D eigenvalue weighted by Crippen LogP contribution is 2.18. The molecule has 0 aliphatic heterocycles. The molecule has 17 heavy (non-hydrogen) atoms. The van der Waals surface area contributed by atoms with Gasteiger partial charge < -0.3 is 11.1 Å². The molecular formula is C11H24N2O3S. The Kier molecular flexibility index (Phi) is 5.61. The number of hydrogen-bond acceptors (Lipinski definition) is 4. The van der Waals surface area contributed by atoms with Crippen molar-refractivity contribution >= 4 is 15.7 Å². The van der Waals surface area contributed by atoms with Gasteiger partial charge in [-0.05, 0) is 18.8 Å². The Morgan fingerprint density at radius 2 is 1.82 bits per heavy atom. The number of sulfone groups is 1. The molecule has 1 amide bonds. The predicted molar refractivity (Wildman–Crippen MR) is 69.4 cm³/mol. The maximum absolute atomic E-state index is 11.7. The average molecular weight is 264 g/mol. The van der Waals surface area contributed by atoms with Crippen LogP contribution in [0.4, 0.5) is 0 Å². The fraction of sp³-hybridized carbons (Fsp3) is 0.909. The van der Waals surface area contributed by atoms with E-state index in [0.29, 0.717) is 0 Å². The molecule has 0 radical (unpaired) electrons. The number of nitrogens with two attached hydrogens (primary N) is 1. The van der Waals surface area contributed by atoms with Gasteiger partial charge in [0.1, 0.15) is 9.84 Å². The fourth-order valence-corrected chi connectivity index (χ4v) is 1.69. The molecule has 0 saturated carbocycles. The minimum absolute atomic E-state index is 0.0146. The van der Waals surface area contributed by atoms with Gasteiger partial charge in [-0.1, -0.05) is 20.8 Å². The van der Waals surface area contributed by atoms with Crippen LogP contribution in [0.3, 0.4) is 0 Å². The molecule has 0 rings (SSSR count). The van der Waals surface area contributed by atoms with Gasteiger partial charge in [0.2, 0.25) is 5.91 Å². The number of hydrogen-bond donors (Lipinski definition) is 2. The van der Waals surface area contributed by atoms with E-state index in [1.54, 1.807) is 0 Å². The third kappa shape index (κ3) is 7.33. The lowest BCUT2D eigenvalue weighted by atomic mass is 9.88. The van der Waals surface area contributed by atoms with Crippen molar-refractivity contribution in [3.8, 4) is 0 Å². The maximum atomic E-state index is 11.7. The quantitative estimate of drug-likeness (QED) is 0.747. The smallest absolute Gasteiger partial charge is 0.237 e. The normalized spacial score (nSPS) is 16.4. The molecule has 0 spiro atoms. The number of carbonyl (C=O) groups is 1. The van der Waals surface area contributed by atoms with Gasteiger partial charge in [0.15, 0.2) is 0 Å². The lowest BCUT2D eigenvalue weighted by molar-refractivity contribution is -0.123. The Bertz CT molecular complexity index is 357. The van der Waals surface area contributed by atoms with Crippen LogP contribution in [0.5, 0.6) is 0 Å². The van der Waals surface area contributed by atoms with Gasteiger partial charge in [0.05, 0.1) is 11.8 Å². The Balaban J connectivity index is 4.25. The first kappa shape index (κ1) is 16.4. The summed E-state index contributed by atoms with van der Waals surface area (Å²) in [6, 6.07) is -0.784. The van der Waals surface area contributed by atoms with E-state index in [0.717, 1.165) is 6.26 Å². The molecule has 0 fully saturated rings. The van der Waals surface area contributed by atoms with Crippen LogP contribution in [0, 0.1) is 5.41 Å². The molecule has 0 aromatic heterocycles. The molecule has 6 heteroatoms. The van der Waals surface area contributed by atoms with Gasteiger partial charge in [-0.3, -0.25) is 4.79 Å². The van der Waals surface area contributed by atoms with Gasteiger partial charge in [-0.15, -0.1) is 0 Å². The van der Waals surface area contributed by atoms with Crippen LogP contribution in [0.25, 0.3) is 0 Å². The van der Waals surface area contributed by atoms with Crippen molar-refractivity contribution in [3.05, 3.63) is 0 Å². The van der Waals surface area contributed by atoms with E-state index >= 15 is 0 Å². The van der Waals surface area contributed by atoms with E-state index in [1.807, 2.05) is 27.7 Å². The largest absolute Gasteiger partial charge is 0.352 e. The molecule has 0 aliphatic rings. The highest BCUT2D eigenvalue weighted by Gasteiger charge is 2.24. The van der Waals surface area contributed by atoms with Gasteiger partial charge >= 0.3 is 0 Å². The van der Waals surface area contributed by atoms with Crippen LogP contribution in [0.2, 0.25) is 0 Å². The Morgan fingerprint density at radius 3 is 2.18 bits per heavy atom. The topological polar surface area (TPSA) is 89.3 Å². The van der Waals surface area contributed by atoms with Crippen LogP contribution in [0.15, 0.2) is 0 Å². The first-order valence-electron chi connectivity index (χ1n) is 5.67. The molecule has 0 aliphatic carbocycles. The van der Waals surface area contributed by atoms with Crippen molar-refractivity contribution in [2.24, 2.45) is 11.1 Å². The van der Waals surface area contributed by atoms with Crippen LogP contribution in [0.1, 0.15) is 34.1 Å². The van der Waals surface area contributed by atoms with E-state index in [9.17, 15) is 13.2 Å². The molecule has 2 unspecified atom stereocenters. The second-order valence-electron chi connectivity index (χ2n) is 5.62. The van der Waals surface area contributed by atoms with Crippen LogP contribution >= 0.6 is 0 Å². The first-order valence-corrected chi connectivity index (χ1v) is 7.73. The molecular weight excluding hydrogens is 240 g/mol. The molecule has 0 bridgehead atoms. The average Bonchev–Trinajstić information content (AvgIpc) is 2.11. The first-order chi connectivity index (χ1) is 7.43. The van der Waals surface area contributed by atoms with E-state index < -0.39 is 15.9 Å². The van der Waals surface area contributed by atoms with Crippen LogP contribution in [-0.4, -0.2) is 38.4 Å². The lowest BCUT2D eigenvalue weighted by Crippen LogP contribution is -2.49. The molecule has 0 saturated heterocycles. The molecule has 3 N–H and O–H groups in total. The number of nitrogens with one attached hydrogen (secondary N) is 1. The second kappa shape index (κ2) is 5.82. The monoisotopic (exact) mass is 264 g/mol. The third-order valence-corrected chi connectivity index (χ3v) is 3.77. The summed E-state index contributed by atoms with van der Waals surface area (Å²) >= 11 is 0. The summed E-state index contributed by atoms with van der Waals surface area (Å²) in [5, 5.41) is 2.80. The van der Waals surface area contributed by atoms with Crippen molar-refractivity contribution in [2.45, 2.75) is 46.2 Å². The summed E-state index contributed by atoms with van der Waals surface area (Å²) in [5.74, 6) is -0.359. The van der Waals surface area contributed by atoms with Crippen LogP contribution in [-0.2, 0) is 14.6 Å². The number of carbonyl (C=O) groups excluding carboxylic acids is 1. The van der Waals surface area contributed by atoms with E-state index in [2.05, 4.69) is 5.32 Å². The van der Waals surface area contributed by atoms with E-state index in [-0.39, 0.29) is 29.5 Å². The SMILES string of the molecule is CC(NC(=O)C(N)CCS(C)(=O)=O)C(C)(C)C. The van der Waals surface area contributed by atoms with Gasteiger partial charge in [-0.2, -0.15) is 0 Å². The number of rotatable bonds is 5. The zero-order valence-corrected chi connectivity index (χ0v) is 12.1. The van der Waals surface area contributed by atoms with Crippen molar-refractivity contribution in [1.29, 1.82) is 0 Å². The zero-order valence-electron chi connectivity index (χ0n) is 11.3. The summed E-state index contributed by atoms with van der Waals surface area (Å²) in [7, 11) is -3.07. The Morgan fingerprint density at radius 1 is 1.35 bits per heavy atom. The van der Waals surface area contributed by atoms with Crippen LogP contribution < -0.4 is 11.1 Å². The fourth-order valence-electron chi connectivity index (χ4n) is 1.01. The third-order valence-electron chi connectivity index (χ3n) is 2.79. The standard InChI is InChI=1S/C11H24N2O3S/c1-8(11(2,3)4)13-10(14)9(12)6-7-17(5,15)16/h8-9H,6-7,12H2,1-5H3,(H,13,14). The zero-order chi connectivity index (χ0) is 13.9. The predicted octanol–water partition coefficient (Wildman–Crippen LogP) is 0.299. The van der Waals surface area contributed by atoms with Crippen molar-refractivity contribution < 1.29 is 13.2 Å². The molecule has 0 aromatic rings. The Hall–Kier alpha value is -0.620. The van der Waals surface area contributed by atoms with E-state index in [4.69, 9.17) is 5.73 Å². The summed E-state index contributed by atoms with van der Waals surface area (Å²) in [6.45, 7) is 7.95. The summed E-state index contributed by atoms with van der Waals surface area (Å²) < 4.78 is 21.9. The van der Waals surface area contributed by atoms with Gasteiger partial charge in [0, 0.05) is 12.3 Å². The minimum Gasteiger partial charge on any atom is -0.352 e. The van der Waals surface area contributed by atoms with Crippen molar-refractivity contribution in [3.63, 3.8) is 0 Å². The van der Waals surface area contributed by atoms with E-state index in [1.165, 1.54) is 0 Å². The minimum atomic E-state index is -3.07. The maximum Gasteiger partial charge on any atom is 0.237 e. The summed E-state index contributed by atoms with van der Waals surface area (Å²) in [6.07, 6.45) is 1.29. The number of amides is 1. The Labute approximate surface area is 104 Å². The molecule has 102 valence electrons. The molecule has 0 heterocycles. The highest BCUT2D eigenvalue weighted by atomic mass is 32.2. The summed E-state index contributed by atoms with van der Waals surface area (Å²) in [4.78, 5) is 11.7. The highest BCUT2D eigenvalue weighted by molar-refractivity contribution is 7.90. The van der Waals surface area contributed by atoms with Crippen molar-refractivity contribution in [1.82, 2.24) is 5.32 Å². The molecule has 2 atom stereocenters. The second-order valence-corrected chi connectivity index (χ2v) is 7.88. The lowest BCUT2D eigenvalue weighted by Gasteiger charge is -2.29. The van der Waals surface area contributed by atoms with Gasteiger partial charge in [-0.25, -0.2) is 8.42 Å². The molecule has 5 nitrogen and oxygen atoms in total. The molecule has 0 aromatic carbocycles. The van der Waals surface area contributed by atoms with Crippen molar-refractivity contribution in [2.75, 3.05) is 12.0 Å².